The van der Waals surface area contributed by atoms with Gasteiger partial charge in [-0.25, -0.2) is 0 Å². The van der Waals surface area contributed by atoms with Gasteiger partial charge in [-0.15, -0.1) is 0 Å². The number of aliphatic hydroxyl groups excluding tert-OH is 1. The maximum absolute atomic E-state index is 14.0. The van der Waals surface area contributed by atoms with Gasteiger partial charge in [0, 0.05) is 29.2 Å². The van der Waals surface area contributed by atoms with E-state index in [9.17, 15) is 9.90 Å². The van der Waals surface area contributed by atoms with Gasteiger partial charge >= 0.3 is 0 Å². The van der Waals surface area contributed by atoms with Gasteiger partial charge in [0.2, 0.25) is 0 Å². The SMILES string of the molecule is O=C(c1ccccc1)N(Cc1c2ccccc2cc2ccccc12)[C@H](CO)Cc1c[nH]c2ccccc12. The Morgan fingerprint density at radius 2 is 1.35 bits per heavy atom. The Labute approximate surface area is 215 Å². The number of H-pyrrole nitrogens is 1. The first kappa shape index (κ1) is 23.0. The Morgan fingerprint density at radius 3 is 2.03 bits per heavy atom. The standard InChI is InChI=1S/C33H28N2O2/c36-22-27(19-26-20-34-32-17-9-8-16-30(26)32)35(33(37)23-10-2-1-3-11-23)21-31-28-14-6-4-12-24(28)18-25-13-5-7-15-29(25)31/h1-18,20,27,34,36H,19,21-22H2/t27-/m0/s1. The van der Waals surface area contributed by atoms with Crippen LogP contribution >= 0.6 is 0 Å². The fourth-order valence-corrected chi connectivity index (χ4v) is 5.39. The van der Waals surface area contributed by atoms with Crippen molar-refractivity contribution in [2.24, 2.45) is 0 Å². The number of hydrogen-bond donors (Lipinski definition) is 2. The Hall–Kier alpha value is -4.41. The molecule has 0 saturated carbocycles. The number of carbonyl (C=O) groups is 1. The van der Waals surface area contributed by atoms with E-state index in [-0.39, 0.29) is 12.5 Å². The summed E-state index contributed by atoms with van der Waals surface area (Å²) in [6, 6.07) is 35.9. The predicted molar refractivity (Wildman–Crippen MR) is 151 cm³/mol. The van der Waals surface area contributed by atoms with Crippen molar-refractivity contribution in [3.63, 3.8) is 0 Å². The van der Waals surface area contributed by atoms with Gasteiger partial charge in [0.1, 0.15) is 0 Å². The molecule has 6 aromatic rings. The van der Waals surface area contributed by atoms with Crippen molar-refractivity contribution in [2.75, 3.05) is 6.61 Å². The summed E-state index contributed by atoms with van der Waals surface area (Å²) in [5.41, 5.74) is 3.85. The molecule has 0 aliphatic carbocycles. The van der Waals surface area contributed by atoms with Crippen molar-refractivity contribution >= 4 is 38.4 Å². The molecule has 0 saturated heterocycles. The van der Waals surface area contributed by atoms with Crippen LogP contribution in [0.25, 0.3) is 32.4 Å². The fraction of sp³-hybridized carbons (Fsp3) is 0.121. The highest BCUT2D eigenvalue weighted by Gasteiger charge is 2.27. The maximum Gasteiger partial charge on any atom is 0.254 e. The number of nitrogens with one attached hydrogen (secondary N) is 1. The first-order chi connectivity index (χ1) is 18.2. The number of aromatic amines is 1. The lowest BCUT2D eigenvalue weighted by Crippen LogP contribution is -2.43. The Kier molecular flexibility index (Phi) is 6.17. The minimum absolute atomic E-state index is 0.0866. The van der Waals surface area contributed by atoms with Crippen molar-refractivity contribution in [2.45, 2.75) is 19.0 Å². The van der Waals surface area contributed by atoms with Crippen molar-refractivity contribution in [1.29, 1.82) is 0 Å². The number of para-hydroxylation sites is 1. The molecule has 1 aromatic heterocycles. The third kappa shape index (κ3) is 4.37. The highest BCUT2D eigenvalue weighted by Crippen LogP contribution is 2.31. The Morgan fingerprint density at radius 1 is 0.757 bits per heavy atom. The lowest BCUT2D eigenvalue weighted by atomic mass is 9.95. The molecule has 1 atom stereocenters. The molecule has 6 rings (SSSR count). The summed E-state index contributed by atoms with van der Waals surface area (Å²) < 4.78 is 0. The van der Waals surface area contributed by atoms with E-state index in [1.807, 2.05) is 83.9 Å². The molecule has 1 amide bonds. The molecular formula is C33H28N2O2. The van der Waals surface area contributed by atoms with Crippen LogP contribution in [0.15, 0.2) is 115 Å². The number of aliphatic hydroxyl groups is 1. The van der Waals surface area contributed by atoms with E-state index in [1.54, 1.807) is 0 Å². The average Bonchev–Trinajstić information content (AvgIpc) is 3.37. The monoisotopic (exact) mass is 484 g/mol. The smallest absolute Gasteiger partial charge is 0.254 e. The molecule has 0 aliphatic rings. The number of aromatic nitrogens is 1. The second-order valence-electron chi connectivity index (χ2n) is 9.50. The van der Waals surface area contributed by atoms with Crippen LogP contribution < -0.4 is 0 Å². The minimum Gasteiger partial charge on any atom is -0.394 e. The van der Waals surface area contributed by atoms with Gasteiger partial charge in [-0.2, -0.15) is 0 Å². The van der Waals surface area contributed by atoms with Gasteiger partial charge in [0.25, 0.3) is 5.91 Å². The largest absolute Gasteiger partial charge is 0.394 e. The molecule has 0 bridgehead atoms. The van der Waals surface area contributed by atoms with E-state index < -0.39 is 6.04 Å². The van der Waals surface area contributed by atoms with E-state index >= 15 is 0 Å². The number of fused-ring (bicyclic) bond motifs is 3. The van der Waals surface area contributed by atoms with Crippen molar-refractivity contribution in [1.82, 2.24) is 9.88 Å². The maximum atomic E-state index is 14.0. The highest BCUT2D eigenvalue weighted by atomic mass is 16.3. The number of rotatable bonds is 7. The third-order valence-electron chi connectivity index (χ3n) is 7.27. The molecular weight excluding hydrogens is 456 g/mol. The normalized spacial score (nSPS) is 12.2. The van der Waals surface area contributed by atoms with Gasteiger partial charge < -0.3 is 15.0 Å². The number of benzene rings is 5. The average molecular weight is 485 g/mol. The van der Waals surface area contributed by atoms with Gasteiger partial charge in [-0.3, -0.25) is 4.79 Å². The lowest BCUT2D eigenvalue weighted by molar-refractivity contribution is 0.0573. The van der Waals surface area contributed by atoms with E-state index in [2.05, 4.69) is 41.4 Å². The van der Waals surface area contributed by atoms with Crippen LogP contribution in [0, 0.1) is 0 Å². The van der Waals surface area contributed by atoms with E-state index in [1.165, 1.54) is 0 Å². The van der Waals surface area contributed by atoms with E-state index in [0.29, 0.717) is 18.5 Å². The van der Waals surface area contributed by atoms with Gasteiger partial charge in [-0.05, 0) is 63.4 Å². The van der Waals surface area contributed by atoms with Gasteiger partial charge in [0.15, 0.2) is 0 Å². The topological polar surface area (TPSA) is 56.3 Å². The van der Waals surface area contributed by atoms with Crippen molar-refractivity contribution < 1.29 is 9.90 Å². The molecule has 0 aliphatic heterocycles. The van der Waals surface area contributed by atoms with Crippen LogP contribution in [-0.4, -0.2) is 33.5 Å². The fourth-order valence-electron chi connectivity index (χ4n) is 5.39. The van der Waals surface area contributed by atoms with Crippen molar-refractivity contribution in [3.05, 3.63) is 132 Å². The molecule has 37 heavy (non-hydrogen) atoms. The van der Waals surface area contributed by atoms with Crippen LogP contribution in [0.1, 0.15) is 21.5 Å². The van der Waals surface area contributed by atoms with Crippen LogP contribution in [0.5, 0.6) is 0 Å². The zero-order valence-electron chi connectivity index (χ0n) is 20.5. The number of hydrogen-bond acceptors (Lipinski definition) is 2. The number of carbonyl (C=O) groups excluding carboxylic acids is 1. The first-order valence-electron chi connectivity index (χ1n) is 12.6. The summed E-state index contributed by atoms with van der Waals surface area (Å²) >= 11 is 0. The quantitative estimate of drug-likeness (QED) is 0.247. The molecule has 182 valence electrons. The summed E-state index contributed by atoms with van der Waals surface area (Å²) in [7, 11) is 0. The van der Waals surface area contributed by atoms with Crippen molar-refractivity contribution in [3.8, 4) is 0 Å². The number of nitrogens with zero attached hydrogens (tertiary/aromatic N) is 1. The zero-order valence-corrected chi connectivity index (χ0v) is 20.5. The zero-order chi connectivity index (χ0) is 25.2. The molecule has 0 radical (unpaired) electrons. The predicted octanol–water partition coefficient (Wildman–Crippen LogP) is 6.72. The molecule has 5 aromatic carbocycles. The molecule has 0 spiro atoms. The minimum atomic E-state index is -0.398. The second-order valence-corrected chi connectivity index (χ2v) is 9.50. The summed E-state index contributed by atoms with van der Waals surface area (Å²) in [6.45, 7) is 0.254. The first-order valence-corrected chi connectivity index (χ1v) is 12.6. The molecule has 0 fully saturated rings. The van der Waals surface area contributed by atoms with E-state index in [4.69, 9.17) is 0 Å². The molecule has 0 unspecified atom stereocenters. The molecule has 2 N–H and O–H groups in total. The van der Waals surface area contributed by atoms with Gasteiger partial charge in [-0.1, -0.05) is 84.9 Å². The van der Waals surface area contributed by atoms with Crippen LogP contribution in [0.3, 0.4) is 0 Å². The summed E-state index contributed by atoms with van der Waals surface area (Å²) in [4.78, 5) is 19.2. The lowest BCUT2D eigenvalue weighted by Gasteiger charge is -2.32. The summed E-state index contributed by atoms with van der Waals surface area (Å²) in [5.74, 6) is -0.0866. The van der Waals surface area contributed by atoms with Crippen LogP contribution in [0.4, 0.5) is 0 Å². The molecule has 4 nitrogen and oxygen atoms in total. The second kappa shape index (κ2) is 9.92. The Balaban J connectivity index is 1.48. The van der Waals surface area contributed by atoms with Crippen LogP contribution in [-0.2, 0) is 13.0 Å². The molecule has 4 heteroatoms. The summed E-state index contributed by atoms with van der Waals surface area (Å²) in [6.07, 6.45) is 2.54. The third-order valence-corrected chi connectivity index (χ3v) is 7.27. The van der Waals surface area contributed by atoms with Gasteiger partial charge in [0.05, 0.1) is 12.6 Å². The molecule has 1 heterocycles. The summed E-state index contributed by atoms with van der Waals surface area (Å²) in [5, 5.41) is 16.3. The Bertz CT molecular complexity index is 1650. The number of amides is 1. The van der Waals surface area contributed by atoms with Crippen LogP contribution in [0.2, 0.25) is 0 Å². The van der Waals surface area contributed by atoms with E-state index in [0.717, 1.165) is 43.6 Å². The highest BCUT2D eigenvalue weighted by molar-refractivity contribution is 6.03.